The molecule has 5 heteroatoms. The minimum atomic E-state index is -3.20. The predicted octanol–water partition coefficient (Wildman–Crippen LogP) is -0.909. The van der Waals surface area contributed by atoms with Gasteiger partial charge in [0, 0.05) is 13.0 Å². The van der Waals surface area contributed by atoms with Crippen molar-refractivity contribution in [3.05, 3.63) is 0 Å². The minimum Gasteiger partial charge on any atom is -0.329 e. The monoisotopic (exact) mass is 177 g/mol. The second kappa shape index (κ2) is 2.91. The van der Waals surface area contributed by atoms with Gasteiger partial charge >= 0.3 is 0 Å². The average Bonchev–Trinajstić information content (AvgIpc) is 1.86. The van der Waals surface area contributed by atoms with E-state index in [-0.39, 0.29) is 18.1 Å². The van der Waals surface area contributed by atoms with E-state index < -0.39 is 15.1 Å². The largest absolute Gasteiger partial charge is 0.329 e. The predicted molar refractivity (Wildman–Crippen MR) is 40.9 cm³/mol. The van der Waals surface area contributed by atoms with Crippen LogP contribution in [0.25, 0.3) is 0 Å². The molecule has 0 amide bonds. The molecule has 0 spiro atoms. The van der Waals surface area contributed by atoms with E-state index in [1.54, 1.807) is 0 Å². The number of hydrogen-bond acceptors (Lipinski definition) is 4. The van der Waals surface area contributed by atoms with Crippen LogP contribution in [0.5, 0.6) is 0 Å². The van der Waals surface area contributed by atoms with Gasteiger partial charge in [-0.3, -0.25) is 4.79 Å². The minimum absolute atomic E-state index is 0.0683. The molecule has 1 unspecified atom stereocenters. The first-order chi connectivity index (χ1) is 5.08. The van der Waals surface area contributed by atoms with Crippen LogP contribution in [0.3, 0.4) is 0 Å². The van der Waals surface area contributed by atoms with E-state index in [4.69, 9.17) is 5.73 Å². The topological polar surface area (TPSA) is 77.2 Å². The van der Waals surface area contributed by atoms with Gasteiger partial charge in [-0.25, -0.2) is 8.42 Å². The summed E-state index contributed by atoms with van der Waals surface area (Å²) in [6.07, 6.45) is 0.818. The molecule has 0 aromatic heterocycles. The van der Waals surface area contributed by atoms with Crippen LogP contribution in [-0.4, -0.2) is 31.7 Å². The van der Waals surface area contributed by atoms with Crippen molar-refractivity contribution in [3.63, 3.8) is 0 Å². The van der Waals surface area contributed by atoms with Gasteiger partial charge in [0.1, 0.15) is 5.25 Å². The van der Waals surface area contributed by atoms with Crippen LogP contribution in [0.2, 0.25) is 0 Å². The first-order valence-electron chi connectivity index (χ1n) is 3.52. The fourth-order valence-corrected chi connectivity index (χ4v) is 2.87. The highest BCUT2D eigenvalue weighted by Crippen LogP contribution is 2.14. The number of rotatable bonds is 1. The first kappa shape index (κ1) is 8.67. The third-order valence-corrected chi connectivity index (χ3v) is 4.04. The molecular formula is C6H11NO3S. The molecule has 11 heavy (non-hydrogen) atoms. The number of ketones is 1. The van der Waals surface area contributed by atoms with E-state index >= 15 is 0 Å². The van der Waals surface area contributed by atoms with Crippen molar-refractivity contribution in [3.8, 4) is 0 Å². The molecule has 0 aromatic carbocycles. The zero-order valence-electron chi connectivity index (χ0n) is 6.12. The molecule has 1 aliphatic heterocycles. The molecule has 2 N–H and O–H groups in total. The summed E-state index contributed by atoms with van der Waals surface area (Å²) in [5, 5.41) is -0.920. The van der Waals surface area contributed by atoms with Crippen molar-refractivity contribution in [1.29, 1.82) is 0 Å². The molecule has 0 aliphatic carbocycles. The Kier molecular flexibility index (Phi) is 2.29. The molecule has 4 nitrogen and oxygen atoms in total. The maximum absolute atomic E-state index is 11.1. The third kappa shape index (κ3) is 1.59. The second-order valence-electron chi connectivity index (χ2n) is 2.66. The maximum Gasteiger partial charge on any atom is 0.161 e. The lowest BCUT2D eigenvalue weighted by Crippen LogP contribution is -2.41. The third-order valence-electron chi connectivity index (χ3n) is 1.86. The average molecular weight is 177 g/mol. The molecule has 64 valence electrons. The van der Waals surface area contributed by atoms with Gasteiger partial charge in [-0.15, -0.1) is 0 Å². The SMILES string of the molecule is NCC1C(=O)CCCS1(=O)=O. The number of hydrogen-bond donors (Lipinski definition) is 1. The summed E-state index contributed by atoms with van der Waals surface area (Å²) in [5.74, 6) is -0.112. The van der Waals surface area contributed by atoms with Crippen molar-refractivity contribution in [1.82, 2.24) is 0 Å². The van der Waals surface area contributed by atoms with Crippen LogP contribution in [-0.2, 0) is 14.6 Å². The van der Waals surface area contributed by atoms with Gasteiger partial charge in [-0.05, 0) is 6.42 Å². The Labute approximate surface area is 65.7 Å². The van der Waals surface area contributed by atoms with E-state index in [1.165, 1.54) is 0 Å². The van der Waals surface area contributed by atoms with Gasteiger partial charge < -0.3 is 5.73 Å². The maximum atomic E-state index is 11.1. The fraction of sp³-hybridized carbons (Fsp3) is 0.833. The van der Waals surface area contributed by atoms with Crippen molar-refractivity contribution in [2.75, 3.05) is 12.3 Å². The Bertz CT molecular complexity index is 257. The lowest BCUT2D eigenvalue weighted by molar-refractivity contribution is -0.118. The highest BCUT2D eigenvalue weighted by molar-refractivity contribution is 7.92. The smallest absolute Gasteiger partial charge is 0.161 e. The number of Topliss-reactive ketones (excluding diaryl/α,β-unsaturated/α-hetero) is 1. The van der Waals surface area contributed by atoms with Crippen molar-refractivity contribution in [2.24, 2.45) is 5.73 Å². The molecular weight excluding hydrogens is 166 g/mol. The first-order valence-corrected chi connectivity index (χ1v) is 5.24. The van der Waals surface area contributed by atoms with Gasteiger partial charge in [-0.1, -0.05) is 0 Å². The van der Waals surface area contributed by atoms with E-state index in [1.807, 2.05) is 0 Å². The van der Waals surface area contributed by atoms with Crippen LogP contribution in [0, 0.1) is 0 Å². The second-order valence-corrected chi connectivity index (χ2v) is 4.96. The van der Waals surface area contributed by atoms with Gasteiger partial charge in [0.25, 0.3) is 0 Å². The van der Waals surface area contributed by atoms with Gasteiger partial charge in [0.15, 0.2) is 15.6 Å². The normalized spacial score (nSPS) is 30.3. The van der Waals surface area contributed by atoms with Gasteiger partial charge in [-0.2, -0.15) is 0 Å². The molecule has 1 heterocycles. The zero-order chi connectivity index (χ0) is 8.48. The molecule has 0 bridgehead atoms. The highest BCUT2D eigenvalue weighted by atomic mass is 32.2. The molecule has 0 saturated carbocycles. The number of sulfone groups is 1. The summed E-state index contributed by atoms with van der Waals surface area (Å²) in [6, 6.07) is 0. The molecule has 1 atom stereocenters. The van der Waals surface area contributed by atoms with Crippen LogP contribution in [0.1, 0.15) is 12.8 Å². The Morgan fingerprint density at radius 1 is 1.55 bits per heavy atom. The fourth-order valence-electron chi connectivity index (χ4n) is 1.23. The molecule has 1 fully saturated rings. The van der Waals surface area contributed by atoms with Crippen LogP contribution >= 0.6 is 0 Å². The summed E-state index contributed by atoms with van der Waals surface area (Å²) >= 11 is 0. The van der Waals surface area contributed by atoms with Crippen molar-refractivity contribution < 1.29 is 13.2 Å². The standard InChI is InChI=1S/C6H11NO3S/c7-4-6-5(8)2-1-3-11(6,9)10/h6H,1-4,7H2. The van der Waals surface area contributed by atoms with Gasteiger partial charge in [0.05, 0.1) is 5.75 Å². The number of carbonyl (C=O) groups excluding carboxylic acids is 1. The highest BCUT2D eigenvalue weighted by Gasteiger charge is 2.34. The quantitative estimate of drug-likeness (QED) is 0.562. The Morgan fingerprint density at radius 2 is 2.18 bits per heavy atom. The summed E-state index contributed by atoms with van der Waals surface area (Å²) in [7, 11) is -3.20. The number of nitrogens with two attached hydrogens (primary N) is 1. The van der Waals surface area contributed by atoms with Crippen LogP contribution < -0.4 is 5.73 Å². The summed E-state index contributed by atoms with van der Waals surface area (Å²) in [6.45, 7) is -0.0683. The van der Waals surface area contributed by atoms with E-state index in [9.17, 15) is 13.2 Å². The number of carbonyl (C=O) groups is 1. The van der Waals surface area contributed by atoms with E-state index in [0.29, 0.717) is 12.8 Å². The molecule has 1 rings (SSSR count). The zero-order valence-corrected chi connectivity index (χ0v) is 6.93. The molecule has 0 radical (unpaired) electrons. The van der Waals surface area contributed by atoms with Gasteiger partial charge in [0.2, 0.25) is 0 Å². The summed E-state index contributed by atoms with van der Waals surface area (Å²) in [4.78, 5) is 11.0. The molecule has 1 aliphatic rings. The summed E-state index contributed by atoms with van der Waals surface area (Å²) < 4.78 is 22.2. The van der Waals surface area contributed by atoms with Crippen molar-refractivity contribution in [2.45, 2.75) is 18.1 Å². The van der Waals surface area contributed by atoms with Crippen LogP contribution in [0.4, 0.5) is 0 Å². The lowest BCUT2D eigenvalue weighted by Gasteiger charge is -2.18. The molecule has 0 aromatic rings. The lowest BCUT2D eigenvalue weighted by atomic mass is 10.1. The summed E-state index contributed by atoms with van der Waals surface area (Å²) in [5.41, 5.74) is 5.17. The van der Waals surface area contributed by atoms with Crippen molar-refractivity contribution >= 4 is 15.6 Å². The van der Waals surface area contributed by atoms with E-state index in [2.05, 4.69) is 0 Å². The van der Waals surface area contributed by atoms with Crippen LogP contribution in [0.15, 0.2) is 0 Å². The van der Waals surface area contributed by atoms with E-state index in [0.717, 1.165) is 0 Å². The Morgan fingerprint density at radius 3 is 2.55 bits per heavy atom. The Hall–Kier alpha value is -0.420. The molecule has 1 saturated heterocycles. The Balaban J connectivity index is 2.90.